The summed E-state index contributed by atoms with van der Waals surface area (Å²) in [7, 11) is -3.40. The summed E-state index contributed by atoms with van der Waals surface area (Å²) in [6.45, 7) is 0. The Bertz CT molecular complexity index is 579. The zero-order valence-electron chi connectivity index (χ0n) is 8.05. The molecule has 0 saturated carbocycles. The molecule has 8 heteroatoms. The van der Waals surface area contributed by atoms with Crippen molar-refractivity contribution in [1.29, 1.82) is 0 Å². The zero-order chi connectivity index (χ0) is 11.6. The molecule has 2 rings (SSSR count). The first-order chi connectivity index (χ1) is 7.62. The lowest BCUT2D eigenvalue weighted by Crippen LogP contribution is -2.17. The highest BCUT2D eigenvalue weighted by Gasteiger charge is 2.15. The van der Waals surface area contributed by atoms with Crippen molar-refractivity contribution in [2.75, 3.05) is 16.4 Å². The SMILES string of the molecule is O=S(=O)(CCCl)Nc1cccc2c1N=S=N2. The second kappa shape index (κ2) is 4.52. The quantitative estimate of drug-likeness (QED) is 0.872. The standard InChI is InChI=1S/C8H8ClN3O2S2/c9-4-5-16(13,14)12-7-3-1-2-6-8(7)11-15-10-6/h1-3,12H,4-5H2. The van der Waals surface area contributed by atoms with Crippen LogP contribution in [0.15, 0.2) is 26.9 Å². The molecule has 0 radical (unpaired) electrons. The van der Waals surface area contributed by atoms with Gasteiger partial charge in [-0.2, -0.15) is 8.73 Å². The van der Waals surface area contributed by atoms with E-state index in [4.69, 9.17) is 11.6 Å². The van der Waals surface area contributed by atoms with Gasteiger partial charge in [-0.15, -0.1) is 11.6 Å². The minimum Gasteiger partial charge on any atom is -0.281 e. The lowest BCUT2D eigenvalue weighted by atomic mass is 10.2. The maximum Gasteiger partial charge on any atom is 0.233 e. The largest absolute Gasteiger partial charge is 0.281 e. The van der Waals surface area contributed by atoms with Gasteiger partial charge in [0, 0.05) is 5.88 Å². The van der Waals surface area contributed by atoms with Crippen molar-refractivity contribution in [3.8, 4) is 0 Å². The molecule has 0 amide bonds. The highest BCUT2D eigenvalue weighted by molar-refractivity contribution is 7.92. The van der Waals surface area contributed by atoms with E-state index >= 15 is 0 Å². The maximum atomic E-state index is 11.5. The number of anilines is 1. The Morgan fingerprint density at radius 1 is 1.38 bits per heavy atom. The number of rotatable bonds is 4. The van der Waals surface area contributed by atoms with E-state index in [2.05, 4.69) is 13.4 Å². The van der Waals surface area contributed by atoms with Crippen LogP contribution in [-0.2, 0) is 21.4 Å². The van der Waals surface area contributed by atoms with Crippen LogP contribution in [-0.4, -0.2) is 20.1 Å². The second-order valence-electron chi connectivity index (χ2n) is 3.05. The Labute approximate surface area is 102 Å². The maximum absolute atomic E-state index is 11.5. The minimum absolute atomic E-state index is 0.0562. The first-order valence-electron chi connectivity index (χ1n) is 4.40. The van der Waals surface area contributed by atoms with Crippen LogP contribution in [0.3, 0.4) is 0 Å². The van der Waals surface area contributed by atoms with Crippen molar-refractivity contribution in [3.05, 3.63) is 18.2 Å². The van der Waals surface area contributed by atoms with Crippen molar-refractivity contribution in [2.24, 2.45) is 8.73 Å². The average Bonchev–Trinajstić information content (AvgIpc) is 2.65. The van der Waals surface area contributed by atoms with E-state index in [1.807, 2.05) is 0 Å². The number of halogens is 1. The van der Waals surface area contributed by atoms with Crippen molar-refractivity contribution in [1.82, 2.24) is 0 Å². The Kier molecular flexibility index (Phi) is 3.27. The van der Waals surface area contributed by atoms with Gasteiger partial charge in [0.25, 0.3) is 0 Å². The molecule has 1 aromatic rings. The third kappa shape index (κ3) is 2.42. The Morgan fingerprint density at radius 3 is 2.94 bits per heavy atom. The average molecular weight is 278 g/mol. The predicted octanol–water partition coefficient (Wildman–Crippen LogP) is 2.39. The number of nitrogens with zero attached hydrogens (tertiary/aromatic N) is 2. The summed E-state index contributed by atoms with van der Waals surface area (Å²) in [4.78, 5) is 0. The fourth-order valence-electron chi connectivity index (χ4n) is 1.21. The fourth-order valence-corrected chi connectivity index (χ4v) is 3.17. The molecule has 0 saturated heterocycles. The van der Waals surface area contributed by atoms with Crippen LogP contribution in [0.2, 0.25) is 0 Å². The molecule has 5 nitrogen and oxygen atoms in total. The molecule has 0 bridgehead atoms. The number of hydrogen-bond donors (Lipinski definition) is 1. The molecule has 1 N–H and O–H groups in total. The smallest absolute Gasteiger partial charge is 0.233 e. The molecule has 1 heterocycles. The summed E-state index contributed by atoms with van der Waals surface area (Å²) < 4.78 is 33.5. The highest BCUT2D eigenvalue weighted by atomic mass is 35.5. The van der Waals surface area contributed by atoms with E-state index in [-0.39, 0.29) is 11.6 Å². The van der Waals surface area contributed by atoms with Crippen LogP contribution < -0.4 is 4.72 Å². The number of sulfonamides is 1. The third-order valence-electron chi connectivity index (χ3n) is 1.90. The number of hydrogen-bond acceptors (Lipinski definition) is 4. The topological polar surface area (TPSA) is 70.9 Å². The Hall–Kier alpha value is -0.920. The second-order valence-corrected chi connectivity index (χ2v) is 5.80. The van der Waals surface area contributed by atoms with Gasteiger partial charge in [-0.05, 0) is 12.1 Å². The van der Waals surface area contributed by atoms with Gasteiger partial charge >= 0.3 is 0 Å². The molecule has 0 aromatic heterocycles. The van der Waals surface area contributed by atoms with E-state index in [9.17, 15) is 8.42 Å². The van der Waals surface area contributed by atoms with Crippen LogP contribution in [0, 0.1) is 0 Å². The van der Waals surface area contributed by atoms with Gasteiger partial charge in [0.2, 0.25) is 10.0 Å². The first-order valence-corrected chi connectivity index (χ1v) is 7.32. The van der Waals surface area contributed by atoms with Crippen molar-refractivity contribution in [3.63, 3.8) is 0 Å². The number of fused-ring (bicyclic) bond motifs is 1. The summed E-state index contributed by atoms with van der Waals surface area (Å²) in [6, 6.07) is 5.15. The summed E-state index contributed by atoms with van der Waals surface area (Å²) in [6.07, 6.45) is 0. The van der Waals surface area contributed by atoms with Gasteiger partial charge in [0.05, 0.1) is 22.8 Å². The third-order valence-corrected chi connectivity index (χ3v) is 4.13. The van der Waals surface area contributed by atoms with Crippen LogP contribution in [0.4, 0.5) is 17.1 Å². The molecular formula is C8H8ClN3O2S2. The molecule has 0 aliphatic carbocycles. The van der Waals surface area contributed by atoms with Gasteiger partial charge in [-0.1, -0.05) is 6.07 Å². The molecule has 0 spiro atoms. The van der Waals surface area contributed by atoms with E-state index < -0.39 is 10.0 Å². The van der Waals surface area contributed by atoms with Crippen LogP contribution >= 0.6 is 11.6 Å². The summed E-state index contributed by atoms with van der Waals surface area (Å²) >= 11 is 6.45. The molecule has 1 aliphatic heterocycles. The van der Waals surface area contributed by atoms with Gasteiger partial charge in [0.15, 0.2) is 0 Å². The highest BCUT2D eigenvalue weighted by Crippen LogP contribution is 2.38. The molecule has 0 atom stereocenters. The summed E-state index contributed by atoms with van der Waals surface area (Å²) in [5, 5.41) is 0. The number of nitrogens with one attached hydrogen (secondary N) is 1. The molecule has 86 valence electrons. The zero-order valence-corrected chi connectivity index (χ0v) is 10.4. The Morgan fingerprint density at radius 2 is 2.19 bits per heavy atom. The number of alkyl halides is 1. The molecule has 0 fully saturated rings. The molecule has 1 aromatic carbocycles. The summed E-state index contributed by atoms with van der Waals surface area (Å²) in [5.74, 6) is -0.0663. The normalized spacial score (nSPS) is 13.3. The monoisotopic (exact) mass is 277 g/mol. The van der Waals surface area contributed by atoms with Crippen LogP contribution in [0.25, 0.3) is 0 Å². The van der Waals surface area contributed by atoms with Crippen molar-refractivity contribution in [2.45, 2.75) is 0 Å². The van der Waals surface area contributed by atoms with Gasteiger partial charge < -0.3 is 0 Å². The lowest BCUT2D eigenvalue weighted by Gasteiger charge is -2.08. The van der Waals surface area contributed by atoms with Crippen molar-refractivity contribution < 1.29 is 8.42 Å². The molecule has 16 heavy (non-hydrogen) atoms. The molecule has 0 unspecified atom stereocenters. The van der Waals surface area contributed by atoms with Crippen LogP contribution in [0.5, 0.6) is 0 Å². The molecular weight excluding hydrogens is 270 g/mol. The predicted molar refractivity (Wildman–Crippen MR) is 66.1 cm³/mol. The van der Waals surface area contributed by atoms with E-state index in [1.54, 1.807) is 18.2 Å². The van der Waals surface area contributed by atoms with E-state index in [0.29, 0.717) is 17.1 Å². The lowest BCUT2D eigenvalue weighted by molar-refractivity contribution is 0.602. The van der Waals surface area contributed by atoms with Crippen molar-refractivity contribution >= 4 is 50.0 Å². The van der Waals surface area contributed by atoms with Gasteiger partial charge in [0.1, 0.15) is 11.4 Å². The van der Waals surface area contributed by atoms with E-state index in [0.717, 1.165) is 11.4 Å². The van der Waals surface area contributed by atoms with Crippen LogP contribution in [0.1, 0.15) is 0 Å². The first kappa shape index (κ1) is 11.6. The Balaban J connectivity index is 2.31. The molecule has 1 aliphatic rings. The fraction of sp³-hybridized carbons (Fsp3) is 0.250. The number of benzene rings is 1. The van der Waals surface area contributed by atoms with Gasteiger partial charge in [-0.3, -0.25) is 4.72 Å². The van der Waals surface area contributed by atoms with Gasteiger partial charge in [-0.25, -0.2) is 8.42 Å². The van der Waals surface area contributed by atoms with E-state index in [1.165, 1.54) is 0 Å². The minimum atomic E-state index is -3.40. The summed E-state index contributed by atoms with van der Waals surface area (Å²) in [5.41, 5.74) is 1.68.